The predicted octanol–water partition coefficient (Wildman–Crippen LogP) is 2.44. The molecule has 1 aromatic rings. The third-order valence-corrected chi connectivity index (χ3v) is 3.41. The highest BCUT2D eigenvalue weighted by atomic mass is 15.1. The number of nitrogens with two attached hydrogens (primary N) is 1. The van der Waals surface area contributed by atoms with Gasteiger partial charge in [-0.3, -0.25) is 0 Å². The molecule has 0 amide bonds. The van der Waals surface area contributed by atoms with E-state index in [1.165, 1.54) is 32.1 Å². The van der Waals surface area contributed by atoms with Crippen molar-refractivity contribution in [2.45, 2.75) is 39.0 Å². The zero-order valence-electron chi connectivity index (χ0n) is 9.87. The standard InChI is InChI=1S/C12H20N4/c1-12(5-3-2-4-6-12)9-16-11-14-7-10(13)8-15-11/h7-8H,2-6,9,13H2,1H3,(H,14,15,16). The van der Waals surface area contributed by atoms with Crippen molar-refractivity contribution in [3.8, 4) is 0 Å². The molecule has 0 radical (unpaired) electrons. The molecule has 16 heavy (non-hydrogen) atoms. The molecule has 0 spiro atoms. The predicted molar refractivity (Wildman–Crippen MR) is 66.1 cm³/mol. The lowest BCUT2D eigenvalue weighted by Gasteiger charge is -2.33. The lowest BCUT2D eigenvalue weighted by Crippen LogP contribution is -2.29. The van der Waals surface area contributed by atoms with Gasteiger partial charge in [-0.15, -0.1) is 0 Å². The fourth-order valence-electron chi connectivity index (χ4n) is 2.30. The quantitative estimate of drug-likeness (QED) is 0.821. The van der Waals surface area contributed by atoms with Crippen molar-refractivity contribution in [3.05, 3.63) is 12.4 Å². The normalized spacial score (nSPS) is 19.3. The van der Waals surface area contributed by atoms with Gasteiger partial charge in [-0.2, -0.15) is 0 Å². The molecule has 4 nitrogen and oxygen atoms in total. The molecule has 0 atom stereocenters. The molecule has 2 rings (SSSR count). The fraction of sp³-hybridized carbons (Fsp3) is 0.667. The van der Waals surface area contributed by atoms with E-state index in [1.807, 2.05) is 0 Å². The molecule has 1 aliphatic carbocycles. The van der Waals surface area contributed by atoms with Crippen LogP contribution in [0.2, 0.25) is 0 Å². The summed E-state index contributed by atoms with van der Waals surface area (Å²) in [4.78, 5) is 8.29. The van der Waals surface area contributed by atoms with Gasteiger partial charge in [0.1, 0.15) is 0 Å². The topological polar surface area (TPSA) is 63.8 Å². The molecule has 1 aliphatic rings. The zero-order chi connectivity index (χ0) is 11.4. The van der Waals surface area contributed by atoms with E-state index in [2.05, 4.69) is 22.2 Å². The summed E-state index contributed by atoms with van der Waals surface area (Å²) in [6.07, 6.45) is 9.95. The maximum Gasteiger partial charge on any atom is 0.222 e. The Morgan fingerprint density at radius 1 is 1.25 bits per heavy atom. The minimum atomic E-state index is 0.406. The van der Waals surface area contributed by atoms with Crippen molar-refractivity contribution >= 4 is 11.6 Å². The van der Waals surface area contributed by atoms with Gasteiger partial charge in [-0.05, 0) is 18.3 Å². The van der Waals surface area contributed by atoms with Gasteiger partial charge < -0.3 is 11.1 Å². The Morgan fingerprint density at radius 3 is 2.50 bits per heavy atom. The van der Waals surface area contributed by atoms with Gasteiger partial charge in [0.25, 0.3) is 0 Å². The first kappa shape index (κ1) is 11.2. The van der Waals surface area contributed by atoms with E-state index >= 15 is 0 Å². The second kappa shape index (κ2) is 4.68. The lowest BCUT2D eigenvalue weighted by molar-refractivity contribution is 0.233. The van der Waals surface area contributed by atoms with Gasteiger partial charge in [0.15, 0.2) is 0 Å². The summed E-state index contributed by atoms with van der Waals surface area (Å²) in [6.45, 7) is 3.30. The number of anilines is 2. The first-order valence-electron chi connectivity index (χ1n) is 5.99. The summed E-state index contributed by atoms with van der Waals surface area (Å²) in [5.74, 6) is 0.681. The van der Waals surface area contributed by atoms with Gasteiger partial charge in [0.2, 0.25) is 5.95 Å². The van der Waals surface area contributed by atoms with Crippen molar-refractivity contribution in [3.63, 3.8) is 0 Å². The number of nitrogens with one attached hydrogen (secondary N) is 1. The van der Waals surface area contributed by atoms with Crippen LogP contribution in [0, 0.1) is 5.41 Å². The Hall–Kier alpha value is -1.32. The highest BCUT2D eigenvalue weighted by Gasteiger charge is 2.26. The van der Waals surface area contributed by atoms with E-state index in [0.29, 0.717) is 17.1 Å². The average molecular weight is 220 g/mol. The van der Waals surface area contributed by atoms with Gasteiger partial charge in [-0.1, -0.05) is 26.2 Å². The summed E-state index contributed by atoms with van der Waals surface area (Å²) in [5, 5.41) is 3.30. The van der Waals surface area contributed by atoms with E-state index in [9.17, 15) is 0 Å². The van der Waals surface area contributed by atoms with Crippen LogP contribution in [0.1, 0.15) is 39.0 Å². The van der Waals surface area contributed by atoms with Crippen molar-refractivity contribution in [2.75, 3.05) is 17.6 Å². The van der Waals surface area contributed by atoms with Crippen LogP contribution in [0.3, 0.4) is 0 Å². The van der Waals surface area contributed by atoms with E-state index in [1.54, 1.807) is 12.4 Å². The Bertz CT molecular complexity index is 327. The molecule has 1 heterocycles. The number of nitrogen functional groups attached to an aromatic ring is 1. The maximum absolute atomic E-state index is 5.54. The highest BCUT2D eigenvalue weighted by Crippen LogP contribution is 2.35. The maximum atomic E-state index is 5.54. The van der Waals surface area contributed by atoms with Crippen molar-refractivity contribution < 1.29 is 0 Å². The fourth-order valence-corrected chi connectivity index (χ4v) is 2.30. The number of aromatic nitrogens is 2. The molecule has 0 saturated heterocycles. The van der Waals surface area contributed by atoms with E-state index < -0.39 is 0 Å². The van der Waals surface area contributed by atoms with Gasteiger partial charge in [0.05, 0.1) is 18.1 Å². The Kier molecular flexibility index (Phi) is 3.27. The lowest BCUT2D eigenvalue weighted by atomic mass is 9.76. The number of hydrogen-bond donors (Lipinski definition) is 2. The monoisotopic (exact) mass is 220 g/mol. The van der Waals surface area contributed by atoms with Crippen LogP contribution in [0.15, 0.2) is 12.4 Å². The third-order valence-electron chi connectivity index (χ3n) is 3.41. The van der Waals surface area contributed by atoms with Crippen LogP contribution in [0.25, 0.3) is 0 Å². The second-order valence-electron chi connectivity index (χ2n) is 5.06. The van der Waals surface area contributed by atoms with E-state index in [4.69, 9.17) is 5.73 Å². The van der Waals surface area contributed by atoms with E-state index in [0.717, 1.165) is 6.54 Å². The summed E-state index contributed by atoms with van der Waals surface area (Å²) in [6, 6.07) is 0. The van der Waals surface area contributed by atoms with Gasteiger partial charge in [0, 0.05) is 6.54 Å². The van der Waals surface area contributed by atoms with Gasteiger partial charge in [-0.25, -0.2) is 9.97 Å². The van der Waals surface area contributed by atoms with Gasteiger partial charge >= 0.3 is 0 Å². The Balaban J connectivity index is 1.88. The molecule has 0 bridgehead atoms. The summed E-state index contributed by atoms with van der Waals surface area (Å²) in [5.41, 5.74) is 6.55. The van der Waals surface area contributed by atoms with Crippen molar-refractivity contribution in [1.29, 1.82) is 0 Å². The first-order chi connectivity index (χ1) is 7.68. The summed E-state index contributed by atoms with van der Waals surface area (Å²) < 4.78 is 0. The largest absolute Gasteiger partial charge is 0.396 e. The smallest absolute Gasteiger partial charge is 0.222 e. The molecule has 1 saturated carbocycles. The minimum Gasteiger partial charge on any atom is -0.396 e. The first-order valence-corrected chi connectivity index (χ1v) is 5.99. The number of hydrogen-bond acceptors (Lipinski definition) is 4. The average Bonchev–Trinajstić information content (AvgIpc) is 2.29. The molecular formula is C12H20N4. The summed E-state index contributed by atoms with van der Waals surface area (Å²) in [7, 11) is 0. The molecular weight excluding hydrogens is 200 g/mol. The van der Waals surface area contributed by atoms with Crippen LogP contribution < -0.4 is 11.1 Å². The van der Waals surface area contributed by atoms with Crippen molar-refractivity contribution in [1.82, 2.24) is 9.97 Å². The summed E-state index contributed by atoms with van der Waals surface area (Å²) >= 11 is 0. The van der Waals surface area contributed by atoms with Crippen LogP contribution in [-0.2, 0) is 0 Å². The minimum absolute atomic E-state index is 0.406. The van der Waals surface area contributed by atoms with Crippen LogP contribution >= 0.6 is 0 Å². The van der Waals surface area contributed by atoms with Crippen LogP contribution in [0.5, 0.6) is 0 Å². The SMILES string of the molecule is CC1(CNc2ncc(N)cn2)CCCCC1. The number of rotatable bonds is 3. The molecule has 0 aliphatic heterocycles. The zero-order valence-corrected chi connectivity index (χ0v) is 9.87. The Labute approximate surface area is 96.7 Å². The molecule has 0 unspecified atom stereocenters. The molecule has 4 heteroatoms. The third kappa shape index (κ3) is 2.84. The van der Waals surface area contributed by atoms with Crippen LogP contribution in [0.4, 0.5) is 11.6 Å². The highest BCUT2D eigenvalue weighted by molar-refractivity contribution is 5.35. The molecule has 0 aromatic carbocycles. The second-order valence-corrected chi connectivity index (χ2v) is 5.06. The van der Waals surface area contributed by atoms with E-state index in [-0.39, 0.29) is 0 Å². The molecule has 3 N–H and O–H groups in total. The molecule has 1 aromatic heterocycles. The number of nitrogens with zero attached hydrogens (tertiary/aromatic N) is 2. The van der Waals surface area contributed by atoms with Crippen LogP contribution in [-0.4, -0.2) is 16.5 Å². The molecule has 1 fully saturated rings. The Morgan fingerprint density at radius 2 is 1.88 bits per heavy atom. The van der Waals surface area contributed by atoms with Crippen molar-refractivity contribution in [2.24, 2.45) is 5.41 Å². The molecule has 88 valence electrons.